The fraction of sp³-hybridized carbons (Fsp3) is 0.435. The van der Waals surface area contributed by atoms with Gasteiger partial charge >= 0.3 is 0 Å². The number of benzene rings is 1. The van der Waals surface area contributed by atoms with Crippen molar-refractivity contribution in [1.29, 1.82) is 0 Å². The monoisotopic (exact) mass is 472 g/mol. The number of hydrogen-bond acceptors (Lipinski definition) is 8. The van der Waals surface area contributed by atoms with Gasteiger partial charge < -0.3 is 29.9 Å². The molecule has 1 aliphatic heterocycles. The second-order valence-corrected chi connectivity index (χ2v) is 8.22. The molecule has 0 aliphatic carbocycles. The van der Waals surface area contributed by atoms with Gasteiger partial charge in [0.05, 0.1) is 25.8 Å². The molecule has 2 aromatic rings. The molecular weight excluding hydrogens is 444 g/mol. The number of rotatable bonds is 12. The first-order chi connectivity index (χ1) is 16.2. The molecule has 1 aromatic carbocycles. The summed E-state index contributed by atoms with van der Waals surface area (Å²) in [5, 5.41) is 11.2. The summed E-state index contributed by atoms with van der Waals surface area (Å²) in [5.74, 6) is -1.59. The van der Waals surface area contributed by atoms with E-state index >= 15 is 0 Å². The zero-order valence-corrected chi connectivity index (χ0v) is 19.3. The molecule has 1 fully saturated rings. The van der Waals surface area contributed by atoms with Crippen LogP contribution >= 0.6 is 0 Å². The van der Waals surface area contributed by atoms with Crippen LogP contribution in [0.3, 0.4) is 0 Å². The minimum atomic E-state index is -1.07. The van der Waals surface area contributed by atoms with Gasteiger partial charge in [-0.2, -0.15) is 0 Å². The van der Waals surface area contributed by atoms with Gasteiger partial charge in [-0.3, -0.25) is 19.2 Å². The number of carbonyl (C=O) groups is 4. The van der Waals surface area contributed by atoms with Gasteiger partial charge in [0, 0.05) is 13.2 Å². The Kier molecular flexibility index (Phi) is 8.13. The Balaban J connectivity index is 1.57. The molecule has 11 heteroatoms. The molecule has 3 rings (SSSR count). The molecule has 3 amide bonds. The molecule has 11 nitrogen and oxygen atoms in total. The second-order valence-electron chi connectivity index (χ2n) is 8.22. The third kappa shape index (κ3) is 6.72. The Morgan fingerprint density at radius 2 is 1.85 bits per heavy atom. The third-order valence-corrected chi connectivity index (χ3v) is 5.27. The van der Waals surface area contributed by atoms with Crippen molar-refractivity contribution in [2.75, 3.05) is 26.9 Å². The molecular formula is C23H28N4O7. The van der Waals surface area contributed by atoms with Gasteiger partial charge in [0.25, 0.3) is 5.91 Å². The Hall–Kier alpha value is -3.57. The lowest BCUT2D eigenvalue weighted by Crippen LogP contribution is -2.53. The molecule has 2 unspecified atom stereocenters. The summed E-state index contributed by atoms with van der Waals surface area (Å²) < 4.78 is 15.1. The molecule has 1 saturated heterocycles. The Bertz CT molecular complexity index is 1030. The topological polar surface area (TPSA) is 152 Å². The lowest BCUT2D eigenvalue weighted by Gasteiger charge is -2.21. The highest BCUT2D eigenvalue weighted by Gasteiger charge is 2.50. The minimum Gasteiger partial charge on any atom is -0.382 e. The number of aromatic nitrogens is 1. The van der Waals surface area contributed by atoms with E-state index in [4.69, 9.17) is 14.0 Å². The first kappa shape index (κ1) is 25.1. The van der Waals surface area contributed by atoms with Crippen molar-refractivity contribution in [3.8, 4) is 0 Å². The van der Waals surface area contributed by atoms with E-state index in [9.17, 15) is 19.2 Å². The zero-order valence-electron chi connectivity index (χ0n) is 19.3. The molecule has 1 aliphatic rings. The van der Waals surface area contributed by atoms with E-state index in [0.29, 0.717) is 12.4 Å². The summed E-state index contributed by atoms with van der Waals surface area (Å²) in [7, 11) is 1.37. The highest BCUT2D eigenvalue weighted by molar-refractivity contribution is 5.98. The number of aryl methyl sites for hydroxylation is 1. The van der Waals surface area contributed by atoms with Crippen LogP contribution in [0.1, 0.15) is 28.7 Å². The van der Waals surface area contributed by atoms with Gasteiger partial charge in [0.1, 0.15) is 17.4 Å². The van der Waals surface area contributed by atoms with E-state index < -0.39 is 42.0 Å². The fourth-order valence-corrected chi connectivity index (χ4v) is 3.27. The Morgan fingerprint density at radius 3 is 2.44 bits per heavy atom. The molecule has 0 spiro atoms. The minimum absolute atomic E-state index is 0.0159. The molecule has 3 N–H and O–H groups in total. The van der Waals surface area contributed by atoms with Crippen LogP contribution in [0.4, 0.5) is 0 Å². The van der Waals surface area contributed by atoms with Crippen molar-refractivity contribution >= 4 is 23.5 Å². The summed E-state index contributed by atoms with van der Waals surface area (Å²) in [6.45, 7) is 3.09. The van der Waals surface area contributed by atoms with Crippen molar-refractivity contribution in [2.24, 2.45) is 0 Å². The van der Waals surface area contributed by atoms with E-state index in [1.807, 2.05) is 30.3 Å². The molecule has 0 radical (unpaired) electrons. The number of amides is 3. The lowest BCUT2D eigenvalue weighted by atomic mass is 9.95. The molecule has 182 valence electrons. The number of nitrogens with zero attached hydrogens (tertiary/aromatic N) is 1. The normalized spacial score (nSPS) is 18.4. The van der Waals surface area contributed by atoms with Crippen molar-refractivity contribution in [3.63, 3.8) is 0 Å². The maximum absolute atomic E-state index is 12.9. The van der Waals surface area contributed by atoms with Crippen LogP contribution < -0.4 is 16.0 Å². The number of hydrogen-bond donors (Lipinski definition) is 3. The summed E-state index contributed by atoms with van der Waals surface area (Å²) in [6, 6.07) is 8.82. The first-order valence-electron chi connectivity index (χ1n) is 10.7. The van der Waals surface area contributed by atoms with Crippen LogP contribution in [0.5, 0.6) is 0 Å². The smallest absolute Gasteiger partial charge is 0.274 e. The predicted octanol–water partition coefficient (Wildman–Crippen LogP) is -0.0705. The Labute approximate surface area is 196 Å². The molecule has 0 saturated carbocycles. The van der Waals surface area contributed by atoms with Crippen molar-refractivity contribution < 1.29 is 33.2 Å². The van der Waals surface area contributed by atoms with E-state index in [0.717, 1.165) is 5.56 Å². The van der Waals surface area contributed by atoms with E-state index in [1.54, 1.807) is 13.8 Å². The van der Waals surface area contributed by atoms with Gasteiger partial charge in [-0.1, -0.05) is 35.5 Å². The highest BCUT2D eigenvalue weighted by Crippen LogP contribution is 2.29. The van der Waals surface area contributed by atoms with Gasteiger partial charge in [-0.05, 0) is 25.8 Å². The quantitative estimate of drug-likeness (QED) is 0.363. The number of epoxide rings is 1. The Morgan fingerprint density at radius 1 is 1.15 bits per heavy atom. The molecule has 34 heavy (non-hydrogen) atoms. The zero-order chi connectivity index (χ0) is 24.7. The average Bonchev–Trinajstić information content (AvgIpc) is 3.42. The largest absolute Gasteiger partial charge is 0.382 e. The summed E-state index contributed by atoms with van der Waals surface area (Å²) in [4.78, 5) is 50.3. The number of carbonyl (C=O) groups excluding carboxylic acids is 4. The first-order valence-corrected chi connectivity index (χ1v) is 10.7. The number of ether oxygens (including phenoxy) is 2. The van der Waals surface area contributed by atoms with Crippen molar-refractivity contribution in [1.82, 2.24) is 21.1 Å². The predicted molar refractivity (Wildman–Crippen MR) is 119 cm³/mol. The van der Waals surface area contributed by atoms with E-state index in [2.05, 4.69) is 21.1 Å². The van der Waals surface area contributed by atoms with Crippen LogP contribution in [-0.2, 0) is 30.3 Å². The van der Waals surface area contributed by atoms with Crippen LogP contribution in [-0.4, -0.2) is 73.2 Å². The van der Waals surface area contributed by atoms with Crippen molar-refractivity contribution in [2.45, 2.75) is 38.0 Å². The third-order valence-electron chi connectivity index (χ3n) is 5.27. The van der Waals surface area contributed by atoms with Crippen LogP contribution in [0.15, 0.2) is 40.9 Å². The van der Waals surface area contributed by atoms with Crippen LogP contribution in [0.25, 0.3) is 0 Å². The highest BCUT2D eigenvalue weighted by atomic mass is 16.6. The van der Waals surface area contributed by atoms with Crippen molar-refractivity contribution in [3.05, 3.63) is 53.4 Å². The van der Waals surface area contributed by atoms with Crippen LogP contribution in [0.2, 0.25) is 0 Å². The van der Waals surface area contributed by atoms with E-state index in [-0.39, 0.29) is 24.5 Å². The number of Topliss-reactive ketones (excluding diaryl/α,β-unsaturated/α-hetero) is 1. The SMILES string of the molecule is COC[C@H](NC(=O)c1cc(C)on1)C(=O)NCC(=O)NC(Cc1ccccc1)C(=O)C1(C)CO1. The summed E-state index contributed by atoms with van der Waals surface area (Å²) >= 11 is 0. The van der Waals surface area contributed by atoms with Gasteiger partial charge in [-0.15, -0.1) is 0 Å². The van der Waals surface area contributed by atoms with Crippen LogP contribution in [0, 0.1) is 6.92 Å². The van der Waals surface area contributed by atoms with Gasteiger partial charge in [0.15, 0.2) is 11.5 Å². The molecule has 1 aromatic heterocycles. The number of methoxy groups -OCH3 is 1. The van der Waals surface area contributed by atoms with Gasteiger partial charge in [0.2, 0.25) is 11.8 Å². The number of nitrogens with one attached hydrogen (secondary N) is 3. The maximum Gasteiger partial charge on any atom is 0.274 e. The molecule has 0 bridgehead atoms. The standard InChI is InChI=1S/C23H28N4O7/c1-14-9-17(27-34-14)22(31)26-18(12-32-3)21(30)24-11-19(28)25-16(20(29)23(2)13-33-23)10-15-7-5-4-6-8-15/h4-9,16,18H,10-13H2,1-3H3,(H,24,30)(H,25,28)(H,26,31)/t16?,18-,23?/m0/s1. The summed E-state index contributed by atoms with van der Waals surface area (Å²) in [6.07, 6.45) is 0.289. The van der Waals surface area contributed by atoms with E-state index in [1.165, 1.54) is 13.2 Å². The lowest BCUT2D eigenvalue weighted by molar-refractivity contribution is -0.131. The fourth-order valence-electron chi connectivity index (χ4n) is 3.27. The molecule has 2 heterocycles. The summed E-state index contributed by atoms with van der Waals surface area (Å²) in [5.41, 5.74) is -0.0221. The van der Waals surface area contributed by atoms with Gasteiger partial charge in [-0.25, -0.2) is 0 Å². The second kappa shape index (κ2) is 11.0. The average molecular weight is 472 g/mol. The number of ketones is 1. The maximum atomic E-state index is 12.9. The molecule has 3 atom stereocenters.